The molecule has 0 aliphatic carbocycles. The molecular weight excluding hydrogens is 394 g/mol. The van der Waals surface area contributed by atoms with Crippen LogP contribution in [0.4, 0.5) is 5.00 Å². The lowest BCUT2D eigenvalue weighted by molar-refractivity contribution is -0.118. The van der Waals surface area contributed by atoms with E-state index < -0.39 is 17.8 Å². The van der Waals surface area contributed by atoms with Gasteiger partial charge in [-0.1, -0.05) is 30.3 Å². The van der Waals surface area contributed by atoms with E-state index in [0.717, 1.165) is 22.1 Å². The first kappa shape index (κ1) is 20.3. The quantitative estimate of drug-likeness (QED) is 0.618. The van der Waals surface area contributed by atoms with Crippen molar-refractivity contribution in [1.82, 2.24) is 0 Å². The summed E-state index contributed by atoms with van der Waals surface area (Å²) < 4.78 is 15.1. The van der Waals surface area contributed by atoms with E-state index in [1.807, 2.05) is 36.4 Å². The van der Waals surface area contributed by atoms with Gasteiger partial charge in [0.2, 0.25) is 0 Å². The fourth-order valence-corrected chi connectivity index (χ4v) is 3.93. The zero-order chi connectivity index (χ0) is 21.0. The van der Waals surface area contributed by atoms with Crippen LogP contribution in [-0.4, -0.2) is 38.7 Å². The Kier molecular flexibility index (Phi) is 6.13. The molecule has 3 rings (SSSR count). The van der Waals surface area contributed by atoms with Crippen LogP contribution >= 0.6 is 11.3 Å². The highest BCUT2D eigenvalue weighted by Crippen LogP contribution is 2.34. The van der Waals surface area contributed by atoms with Crippen LogP contribution in [-0.2, 0) is 14.3 Å². The molecule has 0 spiro atoms. The van der Waals surface area contributed by atoms with Crippen molar-refractivity contribution < 1.29 is 28.6 Å². The third kappa shape index (κ3) is 4.38. The summed E-state index contributed by atoms with van der Waals surface area (Å²) in [7, 11) is 2.47. The number of carbonyl (C=O) groups excluding carboxylic acids is 3. The van der Waals surface area contributed by atoms with Crippen molar-refractivity contribution in [3.63, 3.8) is 0 Å². The van der Waals surface area contributed by atoms with Gasteiger partial charge in [0.1, 0.15) is 15.6 Å². The van der Waals surface area contributed by atoms with E-state index in [-0.39, 0.29) is 22.0 Å². The van der Waals surface area contributed by atoms with Gasteiger partial charge in [-0.15, -0.1) is 11.3 Å². The molecule has 2 aromatic carbocycles. The molecule has 0 aliphatic rings. The van der Waals surface area contributed by atoms with Crippen molar-refractivity contribution in [1.29, 1.82) is 0 Å². The summed E-state index contributed by atoms with van der Waals surface area (Å²) in [6.45, 7) is 1.33. The Hall–Kier alpha value is -3.39. The molecule has 0 fully saturated rings. The smallest absolute Gasteiger partial charge is 0.348 e. The number of nitrogens with one attached hydrogen (secondary N) is 1. The molecule has 1 N–H and O–H groups in total. The average molecular weight is 413 g/mol. The Labute approximate surface area is 171 Å². The molecule has 0 aliphatic heterocycles. The van der Waals surface area contributed by atoms with Crippen molar-refractivity contribution in [2.24, 2.45) is 0 Å². The molecule has 1 amide bonds. The van der Waals surface area contributed by atoms with Gasteiger partial charge >= 0.3 is 11.9 Å². The maximum absolute atomic E-state index is 12.4. The number of rotatable bonds is 6. The maximum Gasteiger partial charge on any atom is 0.348 e. The molecule has 0 bridgehead atoms. The number of ether oxygens (including phenoxy) is 3. The third-order valence-electron chi connectivity index (χ3n) is 4.25. The van der Waals surface area contributed by atoms with Gasteiger partial charge < -0.3 is 19.5 Å². The number of esters is 2. The predicted octanol–water partition coefficient (Wildman–Crippen LogP) is 3.80. The molecule has 150 valence electrons. The number of thiophene rings is 1. The standard InChI is InChI=1S/C21H19NO6S/c1-12-17(20(24)26-2)19(29-18(12)21(25)27-3)22-16(23)11-28-15-9-8-13-6-4-5-7-14(13)10-15/h4-10H,11H2,1-3H3,(H,22,23). The summed E-state index contributed by atoms with van der Waals surface area (Å²) in [6, 6.07) is 13.3. The van der Waals surface area contributed by atoms with Gasteiger partial charge in [-0.25, -0.2) is 9.59 Å². The topological polar surface area (TPSA) is 90.9 Å². The van der Waals surface area contributed by atoms with Gasteiger partial charge in [0.15, 0.2) is 6.61 Å². The molecule has 1 heterocycles. The van der Waals surface area contributed by atoms with E-state index in [2.05, 4.69) is 5.32 Å². The maximum atomic E-state index is 12.4. The highest BCUT2D eigenvalue weighted by atomic mass is 32.1. The van der Waals surface area contributed by atoms with Crippen molar-refractivity contribution in [3.8, 4) is 5.75 Å². The first-order valence-corrected chi connectivity index (χ1v) is 9.47. The molecule has 1 aromatic heterocycles. The first-order valence-electron chi connectivity index (χ1n) is 8.66. The summed E-state index contributed by atoms with van der Waals surface area (Å²) in [4.78, 5) is 36.6. The van der Waals surface area contributed by atoms with Crippen LogP contribution in [0.25, 0.3) is 10.8 Å². The van der Waals surface area contributed by atoms with E-state index in [9.17, 15) is 14.4 Å². The van der Waals surface area contributed by atoms with Gasteiger partial charge in [-0.05, 0) is 35.4 Å². The number of hydrogen-bond acceptors (Lipinski definition) is 7. The second-order valence-electron chi connectivity index (χ2n) is 6.09. The van der Waals surface area contributed by atoms with Crippen LogP contribution in [0.1, 0.15) is 25.6 Å². The monoisotopic (exact) mass is 413 g/mol. The van der Waals surface area contributed by atoms with Crippen molar-refractivity contribution in [2.75, 3.05) is 26.1 Å². The molecule has 8 heteroatoms. The molecule has 0 radical (unpaired) electrons. The number of methoxy groups -OCH3 is 2. The van der Waals surface area contributed by atoms with Gasteiger partial charge in [0.25, 0.3) is 5.91 Å². The largest absolute Gasteiger partial charge is 0.484 e. The highest BCUT2D eigenvalue weighted by molar-refractivity contribution is 7.18. The minimum Gasteiger partial charge on any atom is -0.484 e. The van der Waals surface area contributed by atoms with Gasteiger partial charge in [0, 0.05) is 0 Å². The second kappa shape index (κ2) is 8.74. The van der Waals surface area contributed by atoms with E-state index in [0.29, 0.717) is 11.3 Å². The van der Waals surface area contributed by atoms with Crippen LogP contribution in [0.5, 0.6) is 5.75 Å². The summed E-state index contributed by atoms with van der Waals surface area (Å²) >= 11 is 0.952. The number of hydrogen-bond donors (Lipinski definition) is 1. The lowest BCUT2D eigenvalue weighted by Crippen LogP contribution is -2.21. The summed E-state index contributed by atoms with van der Waals surface area (Å²) in [5.74, 6) is -1.17. The minimum absolute atomic E-state index is 0.122. The molecule has 3 aromatic rings. The third-order valence-corrected chi connectivity index (χ3v) is 5.44. The first-order chi connectivity index (χ1) is 13.9. The van der Waals surface area contributed by atoms with Gasteiger partial charge in [0.05, 0.1) is 19.8 Å². The Balaban J connectivity index is 1.75. The zero-order valence-corrected chi connectivity index (χ0v) is 16.9. The molecule has 0 unspecified atom stereocenters. The molecule has 0 atom stereocenters. The fraction of sp³-hybridized carbons (Fsp3) is 0.190. The molecule has 7 nitrogen and oxygen atoms in total. The van der Waals surface area contributed by atoms with Gasteiger partial charge in [-0.3, -0.25) is 4.79 Å². The number of carbonyl (C=O) groups is 3. The Morgan fingerprint density at radius 2 is 1.66 bits per heavy atom. The van der Waals surface area contributed by atoms with Crippen LogP contribution < -0.4 is 10.1 Å². The van der Waals surface area contributed by atoms with Crippen LogP contribution in [0.15, 0.2) is 42.5 Å². The zero-order valence-electron chi connectivity index (χ0n) is 16.1. The van der Waals surface area contributed by atoms with Crippen molar-refractivity contribution >= 4 is 45.0 Å². The summed E-state index contributed by atoms with van der Waals surface area (Å²) in [6.07, 6.45) is 0. The lowest BCUT2D eigenvalue weighted by atomic mass is 10.1. The fourth-order valence-electron chi connectivity index (χ4n) is 2.81. The Bertz CT molecular complexity index is 1090. The minimum atomic E-state index is -0.653. The number of amides is 1. The Morgan fingerprint density at radius 3 is 2.34 bits per heavy atom. The van der Waals surface area contributed by atoms with Crippen LogP contribution in [0.3, 0.4) is 0 Å². The number of fused-ring (bicyclic) bond motifs is 1. The van der Waals surface area contributed by atoms with E-state index in [1.54, 1.807) is 13.0 Å². The van der Waals surface area contributed by atoms with Crippen LogP contribution in [0, 0.1) is 6.92 Å². The van der Waals surface area contributed by atoms with Crippen LogP contribution in [0.2, 0.25) is 0 Å². The Morgan fingerprint density at radius 1 is 0.966 bits per heavy atom. The normalized spacial score (nSPS) is 10.4. The van der Waals surface area contributed by atoms with E-state index in [4.69, 9.17) is 14.2 Å². The predicted molar refractivity (Wildman–Crippen MR) is 110 cm³/mol. The average Bonchev–Trinajstić information content (AvgIpc) is 3.06. The highest BCUT2D eigenvalue weighted by Gasteiger charge is 2.26. The number of benzene rings is 2. The number of anilines is 1. The summed E-state index contributed by atoms with van der Waals surface area (Å²) in [5.41, 5.74) is 0.511. The van der Waals surface area contributed by atoms with Gasteiger partial charge in [-0.2, -0.15) is 0 Å². The van der Waals surface area contributed by atoms with Crippen molar-refractivity contribution in [2.45, 2.75) is 6.92 Å². The molecular formula is C21H19NO6S. The van der Waals surface area contributed by atoms with Crippen molar-refractivity contribution in [3.05, 3.63) is 58.5 Å². The summed E-state index contributed by atoms with van der Waals surface area (Å²) in [5, 5.41) is 4.89. The SMILES string of the molecule is COC(=O)c1sc(NC(=O)COc2ccc3ccccc3c2)c(C(=O)OC)c1C. The molecule has 0 saturated heterocycles. The van der Waals surface area contributed by atoms with E-state index in [1.165, 1.54) is 14.2 Å². The van der Waals surface area contributed by atoms with E-state index >= 15 is 0 Å². The second-order valence-corrected chi connectivity index (χ2v) is 7.11. The molecule has 0 saturated carbocycles. The molecule has 29 heavy (non-hydrogen) atoms. The lowest BCUT2D eigenvalue weighted by Gasteiger charge is -2.08.